The zero-order valence-corrected chi connectivity index (χ0v) is 11.0. The molecule has 0 aliphatic rings. The van der Waals surface area contributed by atoms with Crippen molar-refractivity contribution in [2.24, 2.45) is 0 Å². The smallest absolute Gasteiger partial charge is 0.108 e. The summed E-state index contributed by atoms with van der Waals surface area (Å²) in [5.41, 5.74) is 1.09. The average molecular weight is 285 g/mol. The van der Waals surface area contributed by atoms with Gasteiger partial charge in [-0.05, 0) is 31.2 Å². The number of nitrogens with zero attached hydrogens (tertiary/aromatic N) is 1. The minimum atomic E-state index is 0.880. The lowest BCUT2D eigenvalue weighted by molar-refractivity contribution is 0.673. The Balaban J connectivity index is 2.16. The zero-order chi connectivity index (χ0) is 10.7. The van der Waals surface area contributed by atoms with Crippen molar-refractivity contribution < 1.29 is 0 Å². The van der Waals surface area contributed by atoms with Gasteiger partial charge in [-0.2, -0.15) is 0 Å². The standard InChI is InChI=1S/C11H13BrN2S/c1-2-5-13-7-11-14-9-6-8(12)3-4-10(9)15-11/h3-4,6,13H,2,5,7H2,1H3. The predicted molar refractivity (Wildman–Crippen MR) is 69.3 cm³/mol. The van der Waals surface area contributed by atoms with Crippen molar-refractivity contribution in [1.82, 2.24) is 10.3 Å². The highest BCUT2D eigenvalue weighted by Crippen LogP contribution is 2.24. The lowest BCUT2D eigenvalue weighted by Gasteiger charge is -1.96. The molecule has 1 N–H and O–H groups in total. The van der Waals surface area contributed by atoms with Gasteiger partial charge in [-0.3, -0.25) is 0 Å². The van der Waals surface area contributed by atoms with E-state index >= 15 is 0 Å². The molecule has 0 spiro atoms. The van der Waals surface area contributed by atoms with Crippen molar-refractivity contribution in [3.8, 4) is 0 Å². The number of aromatic nitrogens is 1. The fourth-order valence-corrected chi connectivity index (χ4v) is 2.66. The van der Waals surface area contributed by atoms with Crippen molar-refractivity contribution in [1.29, 1.82) is 0 Å². The molecule has 0 bridgehead atoms. The molecule has 1 aromatic carbocycles. The number of benzene rings is 1. The molecule has 2 nitrogen and oxygen atoms in total. The molecule has 0 amide bonds. The minimum Gasteiger partial charge on any atom is -0.310 e. The average Bonchev–Trinajstić information content (AvgIpc) is 2.60. The van der Waals surface area contributed by atoms with E-state index in [0.717, 1.165) is 34.5 Å². The molecule has 0 aliphatic heterocycles. The van der Waals surface area contributed by atoms with E-state index in [1.165, 1.54) is 4.70 Å². The molecule has 2 aromatic rings. The molecule has 1 aromatic heterocycles. The van der Waals surface area contributed by atoms with Crippen LogP contribution in [0.15, 0.2) is 22.7 Å². The van der Waals surface area contributed by atoms with E-state index < -0.39 is 0 Å². The second kappa shape index (κ2) is 5.05. The Morgan fingerprint density at radius 2 is 2.33 bits per heavy atom. The maximum Gasteiger partial charge on any atom is 0.108 e. The third-order valence-electron chi connectivity index (χ3n) is 2.10. The lowest BCUT2D eigenvalue weighted by Crippen LogP contribution is -2.13. The Morgan fingerprint density at radius 1 is 1.47 bits per heavy atom. The Bertz CT molecular complexity index is 453. The van der Waals surface area contributed by atoms with Gasteiger partial charge in [-0.15, -0.1) is 11.3 Å². The van der Waals surface area contributed by atoms with Gasteiger partial charge in [0.25, 0.3) is 0 Å². The first-order chi connectivity index (χ1) is 7.29. The molecule has 0 aliphatic carbocycles. The minimum absolute atomic E-state index is 0.880. The molecule has 0 atom stereocenters. The molecule has 2 rings (SSSR count). The Kier molecular flexibility index (Phi) is 3.72. The van der Waals surface area contributed by atoms with Crippen molar-refractivity contribution in [2.45, 2.75) is 19.9 Å². The van der Waals surface area contributed by atoms with Gasteiger partial charge in [-0.1, -0.05) is 22.9 Å². The Labute approximate surface area is 102 Å². The van der Waals surface area contributed by atoms with Crippen LogP contribution in [0.25, 0.3) is 10.2 Å². The zero-order valence-electron chi connectivity index (χ0n) is 8.59. The van der Waals surface area contributed by atoms with Gasteiger partial charge in [-0.25, -0.2) is 4.98 Å². The van der Waals surface area contributed by atoms with Gasteiger partial charge < -0.3 is 5.32 Å². The van der Waals surface area contributed by atoms with Crippen LogP contribution in [0, 0.1) is 0 Å². The van der Waals surface area contributed by atoms with Gasteiger partial charge in [0.05, 0.1) is 10.2 Å². The van der Waals surface area contributed by atoms with E-state index in [4.69, 9.17) is 0 Å². The van der Waals surface area contributed by atoms with E-state index in [-0.39, 0.29) is 0 Å². The highest BCUT2D eigenvalue weighted by Gasteiger charge is 2.03. The summed E-state index contributed by atoms with van der Waals surface area (Å²) in [7, 11) is 0. The van der Waals surface area contributed by atoms with Gasteiger partial charge in [0, 0.05) is 11.0 Å². The monoisotopic (exact) mass is 284 g/mol. The number of nitrogens with one attached hydrogen (secondary N) is 1. The molecule has 0 unspecified atom stereocenters. The van der Waals surface area contributed by atoms with Gasteiger partial charge in [0.15, 0.2) is 0 Å². The molecule has 0 saturated carbocycles. The normalized spacial score (nSPS) is 11.1. The SMILES string of the molecule is CCCNCc1nc2cc(Br)ccc2s1. The molecule has 0 saturated heterocycles. The molecule has 0 fully saturated rings. The first-order valence-corrected chi connectivity index (χ1v) is 6.66. The van der Waals surface area contributed by atoms with Gasteiger partial charge in [0.2, 0.25) is 0 Å². The second-order valence-electron chi connectivity index (χ2n) is 3.40. The molecule has 15 heavy (non-hydrogen) atoms. The summed E-state index contributed by atoms with van der Waals surface area (Å²) in [6.07, 6.45) is 1.16. The van der Waals surface area contributed by atoms with Crippen LogP contribution in [0.2, 0.25) is 0 Å². The molecule has 4 heteroatoms. The molecule has 80 valence electrons. The fraction of sp³-hybridized carbons (Fsp3) is 0.364. The van der Waals surface area contributed by atoms with Crippen LogP contribution >= 0.6 is 27.3 Å². The van der Waals surface area contributed by atoms with Crippen molar-refractivity contribution in [3.63, 3.8) is 0 Å². The summed E-state index contributed by atoms with van der Waals surface area (Å²) < 4.78 is 2.35. The number of hydrogen-bond donors (Lipinski definition) is 1. The molecule has 0 radical (unpaired) electrons. The summed E-state index contributed by atoms with van der Waals surface area (Å²) in [4.78, 5) is 4.57. The van der Waals surface area contributed by atoms with E-state index in [1.807, 2.05) is 0 Å². The van der Waals surface area contributed by atoms with Crippen LogP contribution in [0.3, 0.4) is 0 Å². The summed E-state index contributed by atoms with van der Waals surface area (Å²) in [6.45, 7) is 4.10. The highest BCUT2D eigenvalue weighted by atomic mass is 79.9. The third-order valence-corrected chi connectivity index (χ3v) is 3.63. The van der Waals surface area contributed by atoms with Crippen molar-refractivity contribution in [3.05, 3.63) is 27.7 Å². The predicted octanol–water partition coefficient (Wildman–Crippen LogP) is 3.56. The van der Waals surface area contributed by atoms with E-state index in [1.54, 1.807) is 11.3 Å². The topological polar surface area (TPSA) is 24.9 Å². The number of hydrogen-bond acceptors (Lipinski definition) is 3. The number of rotatable bonds is 4. The van der Waals surface area contributed by atoms with Crippen molar-refractivity contribution in [2.75, 3.05) is 6.54 Å². The summed E-state index contributed by atoms with van der Waals surface area (Å²) >= 11 is 5.22. The fourth-order valence-electron chi connectivity index (χ4n) is 1.40. The van der Waals surface area contributed by atoms with Crippen LogP contribution in [-0.4, -0.2) is 11.5 Å². The lowest BCUT2D eigenvalue weighted by atomic mass is 10.3. The van der Waals surface area contributed by atoms with Crippen LogP contribution in [0.1, 0.15) is 18.4 Å². The Morgan fingerprint density at radius 3 is 3.13 bits per heavy atom. The number of fused-ring (bicyclic) bond motifs is 1. The Hall–Kier alpha value is -0.450. The molecular formula is C11H13BrN2S. The van der Waals surface area contributed by atoms with Crippen LogP contribution in [0.4, 0.5) is 0 Å². The van der Waals surface area contributed by atoms with E-state index in [0.29, 0.717) is 0 Å². The summed E-state index contributed by atoms with van der Waals surface area (Å²) in [5.74, 6) is 0. The molecular weight excluding hydrogens is 272 g/mol. The second-order valence-corrected chi connectivity index (χ2v) is 5.43. The third kappa shape index (κ3) is 2.77. The first-order valence-electron chi connectivity index (χ1n) is 5.05. The van der Waals surface area contributed by atoms with Crippen LogP contribution < -0.4 is 5.32 Å². The van der Waals surface area contributed by atoms with Crippen LogP contribution in [-0.2, 0) is 6.54 Å². The van der Waals surface area contributed by atoms with E-state index in [9.17, 15) is 0 Å². The summed E-state index contributed by atoms with van der Waals surface area (Å²) in [6, 6.07) is 6.24. The van der Waals surface area contributed by atoms with E-state index in [2.05, 4.69) is 51.4 Å². The quantitative estimate of drug-likeness (QED) is 0.869. The number of thiazole rings is 1. The molecule has 1 heterocycles. The van der Waals surface area contributed by atoms with Gasteiger partial charge in [0.1, 0.15) is 5.01 Å². The largest absolute Gasteiger partial charge is 0.310 e. The number of halogens is 1. The maximum atomic E-state index is 4.57. The summed E-state index contributed by atoms with van der Waals surface area (Å²) in [5, 5.41) is 4.53. The first kappa shape index (κ1) is 11.0. The van der Waals surface area contributed by atoms with Gasteiger partial charge >= 0.3 is 0 Å². The van der Waals surface area contributed by atoms with Crippen molar-refractivity contribution >= 4 is 37.5 Å². The highest BCUT2D eigenvalue weighted by molar-refractivity contribution is 9.10. The maximum absolute atomic E-state index is 4.57. The van der Waals surface area contributed by atoms with Crippen LogP contribution in [0.5, 0.6) is 0 Å².